The highest BCUT2D eigenvalue weighted by Crippen LogP contribution is 2.25. The molecule has 2 aromatic heterocycles. The van der Waals surface area contributed by atoms with Crippen LogP contribution in [0.3, 0.4) is 0 Å². The monoisotopic (exact) mass is 213 g/mol. The molecule has 0 aliphatic carbocycles. The lowest BCUT2D eigenvalue weighted by Gasteiger charge is -1.97. The molecule has 4 heteroatoms. The van der Waals surface area contributed by atoms with Crippen LogP contribution in [0.15, 0.2) is 28.8 Å². The summed E-state index contributed by atoms with van der Waals surface area (Å²) in [7, 11) is 0. The molecule has 0 saturated carbocycles. The Hall–Kier alpha value is -2.15. The highest BCUT2D eigenvalue weighted by Gasteiger charge is 2.17. The first-order valence-electron chi connectivity index (χ1n) is 5.04. The van der Waals surface area contributed by atoms with Crippen molar-refractivity contribution >= 4 is 0 Å². The summed E-state index contributed by atoms with van der Waals surface area (Å²) in [5.41, 5.74) is 0.988. The van der Waals surface area contributed by atoms with Gasteiger partial charge in [0.1, 0.15) is 17.5 Å². The van der Waals surface area contributed by atoms with Gasteiger partial charge >= 0.3 is 0 Å². The van der Waals surface area contributed by atoms with Crippen LogP contribution in [0.2, 0.25) is 0 Å². The van der Waals surface area contributed by atoms with Crippen LogP contribution < -0.4 is 0 Å². The zero-order chi connectivity index (χ0) is 11.5. The summed E-state index contributed by atoms with van der Waals surface area (Å²) in [4.78, 5) is 8.26. The Bertz CT molecular complexity index is 523. The molecule has 0 aliphatic rings. The molecule has 0 saturated heterocycles. The van der Waals surface area contributed by atoms with Crippen LogP contribution >= 0.6 is 0 Å². The molecule has 2 aromatic rings. The van der Waals surface area contributed by atoms with E-state index in [1.54, 1.807) is 12.3 Å². The molecule has 0 aliphatic heterocycles. The van der Waals surface area contributed by atoms with Gasteiger partial charge in [0, 0.05) is 12.1 Å². The molecule has 16 heavy (non-hydrogen) atoms. The van der Waals surface area contributed by atoms with E-state index in [9.17, 15) is 0 Å². The van der Waals surface area contributed by atoms with Crippen LogP contribution in [0.1, 0.15) is 31.2 Å². The van der Waals surface area contributed by atoms with Gasteiger partial charge in [-0.15, -0.1) is 0 Å². The summed E-state index contributed by atoms with van der Waals surface area (Å²) in [6, 6.07) is 7.51. The molecule has 0 amide bonds. The molecule has 80 valence electrons. The zero-order valence-electron chi connectivity index (χ0n) is 9.14. The van der Waals surface area contributed by atoms with Crippen molar-refractivity contribution in [1.82, 2.24) is 9.97 Å². The average molecular weight is 213 g/mol. The summed E-state index contributed by atoms with van der Waals surface area (Å²) in [6.07, 6.45) is 1.67. The maximum atomic E-state index is 8.93. The summed E-state index contributed by atoms with van der Waals surface area (Å²) in [5.74, 6) is 1.16. The van der Waals surface area contributed by atoms with E-state index < -0.39 is 0 Å². The Morgan fingerprint density at radius 1 is 1.38 bits per heavy atom. The smallest absolute Gasteiger partial charge is 0.246 e. The SMILES string of the molecule is CC(C)c1oc(-c2ccccn2)nc1C#N. The van der Waals surface area contributed by atoms with Gasteiger partial charge in [-0.05, 0) is 12.1 Å². The van der Waals surface area contributed by atoms with Gasteiger partial charge < -0.3 is 4.42 Å². The lowest BCUT2D eigenvalue weighted by Crippen LogP contribution is -1.87. The van der Waals surface area contributed by atoms with E-state index >= 15 is 0 Å². The summed E-state index contributed by atoms with van der Waals surface area (Å²) < 4.78 is 5.56. The Labute approximate surface area is 93.6 Å². The molecule has 4 nitrogen and oxygen atoms in total. The van der Waals surface area contributed by atoms with E-state index in [0.29, 0.717) is 23.0 Å². The summed E-state index contributed by atoms with van der Waals surface area (Å²) in [5, 5.41) is 8.93. The number of oxazole rings is 1. The van der Waals surface area contributed by atoms with Gasteiger partial charge in [-0.25, -0.2) is 0 Å². The van der Waals surface area contributed by atoms with Crippen LogP contribution in [0.4, 0.5) is 0 Å². The number of hydrogen-bond donors (Lipinski definition) is 0. The molecular formula is C12H11N3O. The standard InChI is InChI=1S/C12H11N3O/c1-8(2)11-10(7-13)15-12(16-11)9-5-3-4-6-14-9/h3-6,8H,1-2H3. The number of hydrogen-bond acceptors (Lipinski definition) is 4. The van der Waals surface area contributed by atoms with Gasteiger partial charge in [0.05, 0.1) is 0 Å². The quantitative estimate of drug-likeness (QED) is 0.769. The molecule has 0 aromatic carbocycles. The molecule has 0 bridgehead atoms. The number of rotatable bonds is 2. The van der Waals surface area contributed by atoms with Crippen molar-refractivity contribution in [3.05, 3.63) is 35.9 Å². The zero-order valence-corrected chi connectivity index (χ0v) is 9.14. The van der Waals surface area contributed by atoms with Crippen LogP contribution in [0, 0.1) is 11.3 Å². The van der Waals surface area contributed by atoms with Crippen molar-refractivity contribution in [3.8, 4) is 17.7 Å². The fourth-order valence-electron chi connectivity index (χ4n) is 1.40. The summed E-state index contributed by atoms with van der Waals surface area (Å²) in [6.45, 7) is 3.92. The highest BCUT2D eigenvalue weighted by molar-refractivity contribution is 5.48. The maximum absolute atomic E-state index is 8.93. The lowest BCUT2D eigenvalue weighted by molar-refractivity contribution is 0.492. The second-order valence-electron chi connectivity index (χ2n) is 3.71. The van der Waals surface area contributed by atoms with E-state index in [1.165, 1.54) is 0 Å². The first-order chi connectivity index (χ1) is 7.72. The highest BCUT2D eigenvalue weighted by atomic mass is 16.4. The van der Waals surface area contributed by atoms with E-state index in [2.05, 4.69) is 9.97 Å². The van der Waals surface area contributed by atoms with Gasteiger partial charge in [-0.2, -0.15) is 10.2 Å². The third-order valence-corrected chi connectivity index (χ3v) is 2.17. The van der Waals surface area contributed by atoms with Crippen molar-refractivity contribution in [1.29, 1.82) is 5.26 Å². The average Bonchev–Trinajstić information content (AvgIpc) is 2.74. The van der Waals surface area contributed by atoms with Crippen molar-refractivity contribution in [3.63, 3.8) is 0 Å². The predicted molar refractivity (Wildman–Crippen MR) is 58.5 cm³/mol. The second-order valence-corrected chi connectivity index (χ2v) is 3.71. The number of aromatic nitrogens is 2. The van der Waals surface area contributed by atoms with Gasteiger partial charge in [0.2, 0.25) is 5.89 Å². The molecule has 2 heterocycles. The van der Waals surface area contributed by atoms with Gasteiger partial charge in [0.25, 0.3) is 0 Å². The van der Waals surface area contributed by atoms with Crippen molar-refractivity contribution in [2.45, 2.75) is 19.8 Å². The van der Waals surface area contributed by atoms with Gasteiger partial charge in [-0.3, -0.25) is 4.98 Å². The first kappa shape index (κ1) is 10.4. The van der Waals surface area contributed by atoms with Gasteiger partial charge in [0.15, 0.2) is 5.69 Å². The Morgan fingerprint density at radius 3 is 2.69 bits per heavy atom. The maximum Gasteiger partial charge on any atom is 0.246 e. The summed E-state index contributed by atoms with van der Waals surface area (Å²) >= 11 is 0. The normalized spacial score (nSPS) is 10.4. The van der Waals surface area contributed by atoms with Crippen LogP contribution in [0.25, 0.3) is 11.6 Å². The van der Waals surface area contributed by atoms with Gasteiger partial charge in [-0.1, -0.05) is 19.9 Å². The van der Waals surface area contributed by atoms with E-state index in [-0.39, 0.29) is 5.92 Å². The molecule has 0 fully saturated rings. The number of pyridine rings is 1. The predicted octanol–water partition coefficient (Wildman–Crippen LogP) is 2.73. The molecule has 0 unspecified atom stereocenters. The third-order valence-electron chi connectivity index (χ3n) is 2.17. The van der Waals surface area contributed by atoms with Crippen molar-refractivity contribution in [2.24, 2.45) is 0 Å². The molecule has 0 atom stereocenters. The molecule has 0 radical (unpaired) electrons. The molecule has 2 rings (SSSR count). The molecular weight excluding hydrogens is 202 g/mol. The Kier molecular flexibility index (Phi) is 2.69. The van der Waals surface area contributed by atoms with Crippen LogP contribution in [-0.4, -0.2) is 9.97 Å². The minimum atomic E-state index is 0.139. The van der Waals surface area contributed by atoms with Crippen molar-refractivity contribution in [2.75, 3.05) is 0 Å². The van der Waals surface area contributed by atoms with Crippen LogP contribution in [-0.2, 0) is 0 Å². The molecule has 0 spiro atoms. The minimum absolute atomic E-state index is 0.139. The fraction of sp³-hybridized carbons (Fsp3) is 0.250. The number of nitriles is 1. The van der Waals surface area contributed by atoms with E-state index in [1.807, 2.05) is 32.0 Å². The van der Waals surface area contributed by atoms with E-state index in [0.717, 1.165) is 0 Å². The number of nitrogens with zero attached hydrogens (tertiary/aromatic N) is 3. The second kappa shape index (κ2) is 4.15. The first-order valence-corrected chi connectivity index (χ1v) is 5.04. The third kappa shape index (κ3) is 1.80. The Balaban J connectivity index is 2.49. The van der Waals surface area contributed by atoms with Crippen molar-refractivity contribution < 1.29 is 4.42 Å². The molecule has 0 N–H and O–H groups in total. The topological polar surface area (TPSA) is 62.7 Å². The minimum Gasteiger partial charge on any atom is -0.438 e. The fourth-order valence-corrected chi connectivity index (χ4v) is 1.40. The Morgan fingerprint density at radius 2 is 2.19 bits per heavy atom. The van der Waals surface area contributed by atoms with Crippen LogP contribution in [0.5, 0.6) is 0 Å². The van der Waals surface area contributed by atoms with E-state index in [4.69, 9.17) is 9.68 Å². The lowest BCUT2D eigenvalue weighted by atomic mass is 10.1. The largest absolute Gasteiger partial charge is 0.438 e.